The van der Waals surface area contributed by atoms with E-state index >= 15 is 0 Å². The molecule has 32 heavy (non-hydrogen) atoms. The van der Waals surface area contributed by atoms with Crippen LogP contribution in [0.15, 0.2) is 30.6 Å². The van der Waals surface area contributed by atoms with Crippen LogP contribution in [0.25, 0.3) is 11.4 Å². The minimum Gasteiger partial charge on any atom is -0.382 e. The highest BCUT2D eigenvalue weighted by Crippen LogP contribution is 2.52. The Morgan fingerprint density at radius 2 is 1.97 bits per heavy atom. The van der Waals surface area contributed by atoms with Crippen LogP contribution in [-0.2, 0) is 13.5 Å². The maximum Gasteiger partial charge on any atom is 0.281 e. The van der Waals surface area contributed by atoms with Gasteiger partial charge >= 0.3 is 0 Å². The summed E-state index contributed by atoms with van der Waals surface area (Å²) >= 11 is 0. The van der Waals surface area contributed by atoms with Crippen molar-refractivity contribution in [2.75, 3.05) is 0 Å². The summed E-state index contributed by atoms with van der Waals surface area (Å²) in [4.78, 5) is 4.13. The quantitative estimate of drug-likeness (QED) is 0.586. The summed E-state index contributed by atoms with van der Waals surface area (Å²) in [5.74, 6) is -4.48. The van der Waals surface area contributed by atoms with Gasteiger partial charge in [0.15, 0.2) is 5.82 Å². The maximum absolute atomic E-state index is 14.7. The first-order chi connectivity index (χ1) is 15.2. The molecular weight excluding hydrogens is 424 g/mol. The van der Waals surface area contributed by atoms with E-state index in [1.165, 1.54) is 11.0 Å². The van der Waals surface area contributed by atoms with Crippen molar-refractivity contribution < 1.29 is 22.7 Å². The Morgan fingerprint density at radius 1 is 1.19 bits per heavy atom. The summed E-state index contributed by atoms with van der Waals surface area (Å²) in [5, 5.41) is 24.2. The first kappa shape index (κ1) is 20.6. The van der Waals surface area contributed by atoms with Gasteiger partial charge in [-0.15, -0.1) is 0 Å². The number of aromatic nitrogens is 3. The molecule has 5 nitrogen and oxygen atoms in total. The van der Waals surface area contributed by atoms with Crippen LogP contribution in [-0.4, -0.2) is 25.8 Å². The number of halogens is 4. The number of hydrogen-bond acceptors (Lipinski definition) is 4. The molecule has 0 spiro atoms. The topological polar surface area (TPSA) is 74.7 Å². The number of alkyl halides is 3. The van der Waals surface area contributed by atoms with E-state index in [0.29, 0.717) is 16.7 Å². The van der Waals surface area contributed by atoms with Crippen LogP contribution in [0.1, 0.15) is 64.4 Å². The SMILES string of the molecule is Cn1cnc(-c2ccc([C@H]3CC[C@H](F)c4cc(F)cc(C#N)c43)c3c2[C@H](O)C(F)(F)C3)n1. The highest BCUT2D eigenvalue weighted by molar-refractivity contribution is 5.68. The van der Waals surface area contributed by atoms with Crippen molar-refractivity contribution in [1.29, 1.82) is 5.26 Å². The molecule has 2 aliphatic rings. The second-order valence-corrected chi connectivity index (χ2v) is 8.34. The number of aryl methyl sites for hydroxylation is 1. The molecule has 0 aliphatic heterocycles. The van der Waals surface area contributed by atoms with Gasteiger partial charge < -0.3 is 5.11 Å². The highest BCUT2D eigenvalue weighted by atomic mass is 19.3. The normalized spacial score (nSPS) is 23.5. The van der Waals surface area contributed by atoms with E-state index in [9.17, 15) is 27.9 Å². The van der Waals surface area contributed by atoms with Crippen molar-refractivity contribution in [3.05, 3.63) is 69.8 Å². The number of nitriles is 1. The molecule has 1 aromatic heterocycles. The van der Waals surface area contributed by atoms with Gasteiger partial charge in [0, 0.05) is 30.5 Å². The summed E-state index contributed by atoms with van der Waals surface area (Å²) in [5.41, 5.74) is 1.45. The number of nitrogens with zero attached hydrogens (tertiary/aromatic N) is 4. The molecule has 0 radical (unpaired) electrons. The fraction of sp³-hybridized carbons (Fsp3) is 0.348. The lowest BCUT2D eigenvalue weighted by atomic mass is 9.74. The Bertz CT molecular complexity index is 1280. The summed E-state index contributed by atoms with van der Waals surface area (Å²) < 4.78 is 59.4. The minimum absolute atomic E-state index is 0.0122. The first-order valence-corrected chi connectivity index (χ1v) is 10.2. The average molecular weight is 442 g/mol. The molecule has 2 aliphatic carbocycles. The molecule has 1 N–H and O–H groups in total. The van der Waals surface area contributed by atoms with Crippen molar-refractivity contribution in [2.24, 2.45) is 7.05 Å². The summed E-state index contributed by atoms with van der Waals surface area (Å²) in [6, 6.07) is 7.26. The number of rotatable bonds is 2. The molecule has 0 saturated heterocycles. The van der Waals surface area contributed by atoms with E-state index in [-0.39, 0.29) is 40.9 Å². The van der Waals surface area contributed by atoms with Crippen LogP contribution in [0.4, 0.5) is 17.6 Å². The lowest BCUT2D eigenvalue weighted by Gasteiger charge is -2.30. The molecule has 0 bridgehead atoms. The lowest BCUT2D eigenvalue weighted by Crippen LogP contribution is -2.22. The molecule has 0 saturated carbocycles. The predicted molar refractivity (Wildman–Crippen MR) is 106 cm³/mol. The van der Waals surface area contributed by atoms with Gasteiger partial charge in [0.1, 0.15) is 24.4 Å². The standard InChI is InChI=1S/C23H18F4N4O/c1-31-10-29-22(30-31)15-3-2-13(17-8-23(26,27)21(32)20(15)17)14-4-5-18(25)16-7-12(24)6-11(9-28)19(14)16/h2-3,6-7,10,14,18,21,32H,4-5,8H2,1H3/t14-,18+,21+/m1/s1. The van der Waals surface area contributed by atoms with Gasteiger partial charge in [-0.3, -0.25) is 4.68 Å². The molecule has 0 fully saturated rings. The monoisotopic (exact) mass is 442 g/mol. The van der Waals surface area contributed by atoms with Crippen molar-refractivity contribution >= 4 is 0 Å². The summed E-state index contributed by atoms with van der Waals surface area (Å²) in [7, 11) is 1.64. The van der Waals surface area contributed by atoms with Gasteiger partial charge in [-0.1, -0.05) is 12.1 Å². The molecule has 9 heteroatoms. The average Bonchev–Trinajstić information content (AvgIpc) is 3.28. The van der Waals surface area contributed by atoms with Crippen molar-refractivity contribution in [1.82, 2.24) is 14.8 Å². The Morgan fingerprint density at radius 3 is 2.66 bits per heavy atom. The van der Waals surface area contributed by atoms with Crippen LogP contribution in [0.2, 0.25) is 0 Å². The van der Waals surface area contributed by atoms with E-state index in [2.05, 4.69) is 10.1 Å². The number of aliphatic hydroxyl groups is 1. The van der Waals surface area contributed by atoms with Crippen molar-refractivity contribution in [3.8, 4) is 17.5 Å². The molecule has 0 unspecified atom stereocenters. The smallest absolute Gasteiger partial charge is 0.281 e. The Balaban J connectivity index is 1.74. The summed E-state index contributed by atoms with van der Waals surface area (Å²) in [6.07, 6.45) is -2.42. The third-order valence-electron chi connectivity index (χ3n) is 6.39. The molecule has 3 aromatic rings. The van der Waals surface area contributed by atoms with E-state index in [0.717, 1.165) is 12.1 Å². The zero-order chi connectivity index (χ0) is 22.8. The largest absolute Gasteiger partial charge is 0.382 e. The van der Waals surface area contributed by atoms with Gasteiger partial charge in [-0.05, 0) is 47.2 Å². The number of hydrogen-bond donors (Lipinski definition) is 1. The fourth-order valence-corrected chi connectivity index (χ4v) is 5.02. The van der Waals surface area contributed by atoms with Crippen LogP contribution in [0.3, 0.4) is 0 Å². The van der Waals surface area contributed by atoms with E-state index < -0.39 is 36.4 Å². The van der Waals surface area contributed by atoms with Gasteiger partial charge in [-0.25, -0.2) is 22.5 Å². The Labute approximate surface area is 180 Å². The van der Waals surface area contributed by atoms with Gasteiger partial charge in [-0.2, -0.15) is 10.4 Å². The van der Waals surface area contributed by atoms with Gasteiger partial charge in [0.25, 0.3) is 5.92 Å². The van der Waals surface area contributed by atoms with Crippen molar-refractivity contribution in [2.45, 2.75) is 43.4 Å². The zero-order valence-corrected chi connectivity index (χ0v) is 17.0. The van der Waals surface area contributed by atoms with Crippen LogP contribution < -0.4 is 0 Å². The minimum atomic E-state index is -3.40. The van der Waals surface area contributed by atoms with Crippen LogP contribution in [0.5, 0.6) is 0 Å². The first-order valence-electron chi connectivity index (χ1n) is 10.2. The fourth-order valence-electron chi connectivity index (χ4n) is 5.02. The maximum atomic E-state index is 14.7. The molecule has 2 aromatic carbocycles. The van der Waals surface area contributed by atoms with Crippen LogP contribution in [0, 0.1) is 17.1 Å². The number of aliphatic hydroxyl groups excluding tert-OH is 1. The molecule has 1 heterocycles. The molecule has 0 amide bonds. The summed E-state index contributed by atoms with van der Waals surface area (Å²) in [6.45, 7) is 0. The van der Waals surface area contributed by atoms with Gasteiger partial charge in [0.2, 0.25) is 0 Å². The Kier molecular flexibility index (Phi) is 4.60. The van der Waals surface area contributed by atoms with Crippen molar-refractivity contribution in [3.63, 3.8) is 0 Å². The van der Waals surface area contributed by atoms with E-state index in [1.807, 2.05) is 6.07 Å². The predicted octanol–water partition coefficient (Wildman–Crippen LogP) is 4.65. The third-order valence-corrected chi connectivity index (χ3v) is 6.39. The lowest BCUT2D eigenvalue weighted by molar-refractivity contribution is -0.0966. The molecule has 5 rings (SSSR count). The zero-order valence-electron chi connectivity index (χ0n) is 17.0. The highest BCUT2D eigenvalue weighted by Gasteiger charge is 2.50. The molecule has 3 atom stereocenters. The van der Waals surface area contributed by atoms with Crippen LogP contribution >= 0.6 is 0 Å². The van der Waals surface area contributed by atoms with E-state index in [1.54, 1.807) is 19.2 Å². The number of fused-ring (bicyclic) bond motifs is 2. The van der Waals surface area contributed by atoms with E-state index in [4.69, 9.17) is 0 Å². The molecule has 164 valence electrons. The second kappa shape index (κ2) is 7.14. The number of benzene rings is 2. The van der Waals surface area contributed by atoms with Gasteiger partial charge in [0.05, 0.1) is 11.6 Å². The molecular formula is C23H18F4N4O. The third kappa shape index (κ3) is 3.01. The Hall–Kier alpha value is -3.25. The second-order valence-electron chi connectivity index (χ2n) is 8.34.